The van der Waals surface area contributed by atoms with Gasteiger partial charge < -0.3 is 14.7 Å². The average Bonchev–Trinajstić information content (AvgIpc) is 2.89. The Kier molecular flexibility index (Phi) is 8.43. The van der Waals surface area contributed by atoms with Crippen LogP contribution in [0.25, 0.3) is 11.1 Å². The summed E-state index contributed by atoms with van der Waals surface area (Å²) in [6.45, 7) is -1.57. The van der Waals surface area contributed by atoms with Crippen molar-refractivity contribution in [1.29, 1.82) is 0 Å². The number of halogens is 6. The minimum absolute atomic E-state index is 0.0368. The fourth-order valence-corrected chi connectivity index (χ4v) is 5.95. The third-order valence-corrected chi connectivity index (χ3v) is 8.40. The minimum Gasteiger partial charge on any atom is -0.481 e. The molecule has 3 aromatic carbocycles. The number of hydrogen-bond acceptors (Lipinski definition) is 5. The van der Waals surface area contributed by atoms with Gasteiger partial charge in [0.25, 0.3) is 10.0 Å². The van der Waals surface area contributed by atoms with Gasteiger partial charge in [0.15, 0.2) is 0 Å². The van der Waals surface area contributed by atoms with Gasteiger partial charge >= 0.3 is 18.8 Å². The normalized spacial score (nSPS) is 14.6. The molecule has 1 unspecified atom stereocenters. The molecule has 0 saturated heterocycles. The van der Waals surface area contributed by atoms with E-state index in [4.69, 9.17) is 0 Å². The maximum atomic E-state index is 14.2. The molecule has 220 valence electrons. The number of benzene rings is 3. The molecule has 1 heterocycles. The second kappa shape index (κ2) is 11.5. The summed E-state index contributed by atoms with van der Waals surface area (Å²) in [6.07, 6.45) is -4.57. The molecule has 0 saturated carbocycles. The predicted octanol–water partition coefficient (Wildman–Crippen LogP) is 6.24. The van der Waals surface area contributed by atoms with Crippen LogP contribution in [0.5, 0.6) is 5.75 Å². The number of carbonyl (C=O) groups is 1. The second-order valence-electron chi connectivity index (χ2n) is 9.38. The van der Waals surface area contributed by atoms with E-state index in [2.05, 4.69) is 4.74 Å². The Morgan fingerprint density at radius 2 is 1.73 bits per heavy atom. The van der Waals surface area contributed by atoms with Crippen molar-refractivity contribution in [3.8, 4) is 16.9 Å². The first-order valence-corrected chi connectivity index (χ1v) is 13.7. The number of alkyl halides is 5. The molecule has 0 radical (unpaired) electrons. The van der Waals surface area contributed by atoms with Crippen molar-refractivity contribution < 1.29 is 49.4 Å². The van der Waals surface area contributed by atoms with Gasteiger partial charge in [-0.1, -0.05) is 19.1 Å². The molecule has 0 fully saturated rings. The van der Waals surface area contributed by atoms with Crippen LogP contribution in [0.4, 0.5) is 37.7 Å². The molecule has 14 heteroatoms. The molecular weight excluding hydrogens is 578 g/mol. The zero-order valence-electron chi connectivity index (χ0n) is 21.4. The number of carboxylic acids is 1. The molecule has 1 aliphatic rings. The second-order valence-corrected chi connectivity index (χ2v) is 11.2. The number of carboxylic acid groups (broad SMARTS) is 1. The zero-order chi connectivity index (χ0) is 30.1. The lowest BCUT2D eigenvalue weighted by molar-refractivity contribution is -0.141. The number of aliphatic carboxylic acids is 1. The first-order chi connectivity index (χ1) is 19.2. The molecule has 0 bridgehead atoms. The summed E-state index contributed by atoms with van der Waals surface area (Å²) in [4.78, 5) is 12.4. The van der Waals surface area contributed by atoms with E-state index in [0.717, 1.165) is 40.7 Å². The Labute approximate surface area is 231 Å². The highest BCUT2D eigenvalue weighted by Crippen LogP contribution is 2.41. The standard InChI is InChI=1S/C27H24F6N2O5S/c1-16(25(36)37)7-8-34-9-10-35(41(38,39)22-4-2-3-19(14-22)27(31,32)33)24-13-17(5-6-23(24)34)18-11-20(28)15-21(12-18)40-26(29)30/h2-6,11-16,26H,7-10H2,1H3,(H,36,37). The number of anilines is 2. The Hall–Kier alpha value is -3.94. The summed E-state index contributed by atoms with van der Waals surface area (Å²) >= 11 is 0. The number of sulfonamides is 1. The number of fused-ring (bicyclic) bond motifs is 1. The van der Waals surface area contributed by atoms with Crippen molar-refractivity contribution in [2.75, 3.05) is 28.8 Å². The van der Waals surface area contributed by atoms with Gasteiger partial charge in [0.2, 0.25) is 0 Å². The van der Waals surface area contributed by atoms with Crippen molar-refractivity contribution >= 4 is 27.4 Å². The molecule has 41 heavy (non-hydrogen) atoms. The first kappa shape index (κ1) is 30.0. The third-order valence-electron chi connectivity index (χ3n) is 6.59. The molecule has 1 aliphatic heterocycles. The van der Waals surface area contributed by atoms with Gasteiger partial charge in [-0.2, -0.15) is 22.0 Å². The number of hydrogen-bond donors (Lipinski definition) is 1. The summed E-state index contributed by atoms with van der Waals surface area (Å²) in [5, 5.41) is 9.25. The minimum atomic E-state index is -4.79. The lowest BCUT2D eigenvalue weighted by atomic mass is 10.0. The van der Waals surface area contributed by atoms with Crippen LogP contribution in [0.1, 0.15) is 18.9 Å². The van der Waals surface area contributed by atoms with Crippen molar-refractivity contribution in [2.24, 2.45) is 5.92 Å². The molecule has 1 atom stereocenters. The Balaban J connectivity index is 1.81. The van der Waals surface area contributed by atoms with E-state index in [1.165, 1.54) is 25.1 Å². The van der Waals surface area contributed by atoms with E-state index in [0.29, 0.717) is 11.8 Å². The van der Waals surface area contributed by atoms with E-state index >= 15 is 0 Å². The smallest absolute Gasteiger partial charge is 0.416 e. The quantitative estimate of drug-likeness (QED) is 0.292. The molecule has 1 N–H and O–H groups in total. The zero-order valence-corrected chi connectivity index (χ0v) is 22.2. The molecular formula is C27H24F6N2O5S. The predicted molar refractivity (Wildman–Crippen MR) is 138 cm³/mol. The van der Waals surface area contributed by atoms with Gasteiger partial charge in [-0.15, -0.1) is 0 Å². The number of ether oxygens (including phenoxy) is 1. The van der Waals surface area contributed by atoms with Gasteiger partial charge in [-0.05, 0) is 60.0 Å². The van der Waals surface area contributed by atoms with Gasteiger partial charge in [0, 0.05) is 19.2 Å². The van der Waals surface area contributed by atoms with Crippen LogP contribution in [-0.2, 0) is 21.0 Å². The number of rotatable bonds is 9. The molecule has 0 aromatic heterocycles. The molecule has 0 aliphatic carbocycles. The van der Waals surface area contributed by atoms with Gasteiger partial charge in [-0.25, -0.2) is 12.8 Å². The SMILES string of the molecule is CC(CCN1CCN(S(=O)(=O)c2cccc(C(F)(F)F)c2)c2cc(-c3cc(F)cc(OC(F)F)c3)ccc21)C(=O)O. The van der Waals surface area contributed by atoms with Gasteiger partial charge in [-0.3, -0.25) is 9.10 Å². The van der Waals surface area contributed by atoms with Crippen LogP contribution < -0.4 is 13.9 Å². The maximum Gasteiger partial charge on any atom is 0.416 e. The largest absolute Gasteiger partial charge is 0.481 e. The van der Waals surface area contributed by atoms with Crippen molar-refractivity contribution in [3.63, 3.8) is 0 Å². The Morgan fingerprint density at radius 1 is 1.00 bits per heavy atom. The summed E-state index contributed by atoms with van der Waals surface area (Å²) in [6, 6.07) is 10.6. The van der Waals surface area contributed by atoms with Crippen LogP contribution in [-0.4, -0.2) is 45.7 Å². The third kappa shape index (κ3) is 6.69. The van der Waals surface area contributed by atoms with Gasteiger partial charge in [0.1, 0.15) is 11.6 Å². The fourth-order valence-electron chi connectivity index (χ4n) is 4.44. The highest BCUT2D eigenvalue weighted by atomic mass is 32.2. The highest BCUT2D eigenvalue weighted by molar-refractivity contribution is 7.92. The van der Waals surface area contributed by atoms with Crippen LogP contribution >= 0.6 is 0 Å². The van der Waals surface area contributed by atoms with Gasteiger partial charge in [0.05, 0.1) is 34.3 Å². The van der Waals surface area contributed by atoms with Crippen LogP contribution in [0.15, 0.2) is 65.6 Å². The molecule has 0 spiro atoms. The van der Waals surface area contributed by atoms with Crippen molar-refractivity contribution in [3.05, 3.63) is 72.0 Å². The lowest BCUT2D eigenvalue weighted by Gasteiger charge is -2.38. The number of nitrogens with zero attached hydrogens (tertiary/aromatic N) is 2. The van der Waals surface area contributed by atoms with E-state index in [1.807, 2.05) is 0 Å². The maximum absolute atomic E-state index is 14.2. The summed E-state index contributed by atoms with van der Waals surface area (Å²) in [7, 11) is -4.54. The highest BCUT2D eigenvalue weighted by Gasteiger charge is 2.36. The summed E-state index contributed by atoms with van der Waals surface area (Å²) in [5.41, 5.74) is -0.479. The topological polar surface area (TPSA) is 87.2 Å². The van der Waals surface area contributed by atoms with E-state index in [9.17, 15) is 44.7 Å². The van der Waals surface area contributed by atoms with Crippen LogP contribution in [0.3, 0.4) is 0 Å². The molecule has 0 amide bonds. The van der Waals surface area contributed by atoms with Crippen molar-refractivity contribution in [1.82, 2.24) is 0 Å². The first-order valence-electron chi connectivity index (χ1n) is 12.2. The average molecular weight is 603 g/mol. The monoisotopic (exact) mass is 602 g/mol. The van der Waals surface area contributed by atoms with Crippen LogP contribution in [0.2, 0.25) is 0 Å². The molecule has 4 rings (SSSR count). The molecule has 3 aromatic rings. The Morgan fingerprint density at radius 3 is 2.39 bits per heavy atom. The summed E-state index contributed by atoms with van der Waals surface area (Å²) < 4.78 is 112. The Bertz CT molecular complexity index is 1550. The molecule has 7 nitrogen and oxygen atoms in total. The van der Waals surface area contributed by atoms with Crippen molar-refractivity contribution in [2.45, 2.75) is 31.0 Å². The van der Waals surface area contributed by atoms with E-state index in [-0.39, 0.29) is 42.9 Å². The van der Waals surface area contributed by atoms with Crippen LogP contribution in [0, 0.1) is 11.7 Å². The van der Waals surface area contributed by atoms with E-state index in [1.54, 1.807) is 4.90 Å². The fraction of sp³-hybridized carbons (Fsp3) is 0.296. The van der Waals surface area contributed by atoms with E-state index < -0.39 is 56.7 Å². The lowest BCUT2D eigenvalue weighted by Crippen LogP contribution is -2.44. The summed E-state index contributed by atoms with van der Waals surface area (Å²) in [5.74, 6) is -3.08.